The van der Waals surface area contributed by atoms with E-state index in [4.69, 9.17) is 14.2 Å². The molecule has 17 heavy (non-hydrogen) atoms. The molecule has 3 nitrogen and oxygen atoms in total. The first-order valence-corrected chi connectivity index (χ1v) is 6.55. The molecule has 0 aliphatic carbocycles. The van der Waals surface area contributed by atoms with Crippen molar-refractivity contribution in [2.24, 2.45) is 0 Å². The third kappa shape index (κ3) is 7.36. The minimum atomic E-state index is 0.262. The first-order chi connectivity index (χ1) is 8.18. The summed E-state index contributed by atoms with van der Waals surface area (Å²) in [6, 6.07) is 7.75. The van der Waals surface area contributed by atoms with Gasteiger partial charge in [-0.3, -0.25) is 0 Å². The molecule has 4 heteroatoms. The summed E-state index contributed by atoms with van der Waals surface area (Å²) in [5, 5.41) is 0. The van der Waals surface area contributed by atoms with Crippen LogP contribution in [0, 0.1) is 0 Å². The number of hydrogen-bond acceptors (Lipinski definition) is 3. The lowest BCUT2D eigenvalue weighted by Crippen LogP contribution is -2.13. The molecule has 0 aliphatic heterocycles. The molecule has 0 saturated carbocycles. The van der Waals surface area contributed by atoms with Crippen molar-refractivity contribution >= 4 is 15.9 Å². The molecule has 0 saturated heterocycles. The van der Waals surface area contributed by atoms with Gasteiger partial charge in [0, 0.05) is 4.47 Å². The Hall–Kier alpha value is -0.580. The second-order valence-electron chi connectivity index (χ2n) is 3.83. The fourth-order valence-corrected chi connectivity index (χ4v) is 1.46. The summed E-state index contributed by atoms with van der Waals surface area (Å²) in [4.78, 5) is 0. The predicted octanol–water partition coefficient (Wildman–Crippen LogP) is 3.27. The fraction of sp³-hybridized carbons (Fsp3) is 0.538. The monoisotopic (exact) mass is 302 g/mol. The third-order valence-corrected chi connectivity index (χ3v) is 2.52. The lowest BCUT2D eigenvalue weighted by Gasteiger charge is -2.09. The van der Waals surface area contributed by atoms with Gasteiger partial charge in [0.05, 0.1) is 25.9 Å². The first kappa shape index (κ1) is 14.5. The van der Waals surface area contributed by atoms with Crippen LogP contribution < -0.4 is 4.74 Å². The zero-order valence-corrected chi connectivity index (χ0v) is 11.9. The molecule has 0 aromatic heterocycles. The molecule has 0 N–H and O–H groups in total. The maximum absolute atomic E-state index is 5.50. The van der Waals surface area contributed by atoms with Crippen molar-refractivity contribution in [2.75, 3.05) is 26.4 Å². The van der Waals surface area contributed by atoms with Crippen LogP contribution in [-0.2, 0) is 9.47 Å². The van der Waals surface area contributed by atoms with Crippen LogP contribution in [0.1, 0.15) is 13.8 Å². The second kappa shape index (κ2) is 8.50. The Morgan fingerprint density at radius 1 is 1.00 bits per heavy atom. The van der Waals surface area contributed by atoms with Crippen molar-refractivity contribution in [3.05, 3.63) is 28.7 Å². The molecule has 0 radical (unpaired) electrons. The maximum atomic E-state index is 5.50. The van der Waals surface area contributed by atoms with Gasteiger partial charge >= 0.3 is 0 Å². The average molecular weight is 303 g/mol. The van der Waals surface area contributed by atoms with E-state index in [-0.39, 0.29) is 6.10 Å². The van der Waals surface area contributed by atoms with Gasteiger partial charge in [-0.25, -0.2) is 0 Å². The van der Waals surface area contributed by atoms with Crippen LogP contribution in [0.15, 0.2) is 28.7 Å². The van der Waals surface area contributed by atoms with E-state index in [1.165, 1.54) is 0 Å². The van der Waals surface area contributed by atoms with Gasteiger partial charge < -0.3 is 14.2 Å². The van der Waals surface area contributed by atoms with Crippen LogP contribution in [0.4, 0.5) is 0 Å². The molecule has 0 fully saturated rings. The number of halogens is 1. The van der Waals surface area contributed by atoms with Gasteiger partial charge in [-0.1, -0.05) is 15.9 Å². The summed E-state index contributed by atoms with van der Waals surface area (Å²) >= 11 is 3.37. The number of benzene rings is 1. The number of hydrogen-bond donors (Lipinski definition) is 0. The standard InChI is InChI=1S/C13H19BrO3/c1-11(2)16-9-7-15-8-10-17-13-5-3-12(14)4-6-13/h3-6,11H,7-10H2,1-2H3. The summed E-state index contributed by atoms with van der Waals surface area (Å²) in [5.41, 5.74) is 0. The molecule has 0 bridgehead atoms. The molecule has 96 valence electrons. The molecule has 0 heterocycles. The Morgan fingerprint density at radius 3 is 2.29 bits per heavy atom. The van der Waals surface area contributed by atoms with Gasteiger partial charge in [0.15, 0.2) is 0 Å². The van der Waals surface area contributed by atoms with E-state index in [1.54, 1.807) is 0 Å². The minimum Gasteiger partial charge on any atom is -0.491 e. The average Bonchev–Trinajstić information content (AvgIpc) is 2.30. The van der Waals surface area contributed by atoms with Gasteiger partial charge in [0.2, 0.25) is 0 Å². The second-order valence-corrected chi connectivity index (χ2v) is 4.75. The van der Waals surface area contributed by atoms with E-state index in [0.29, 0.717) is 26.4 Å². The van der Waals surface area contributed by atoms with Crippen LogP contribution >= 0.6 is 15.9 Å². The van der Waals surface area contributed by atoms with Crippen molar-refractivity contribution in [1.82, 2.24) is 0 Å². The molecule has 1 aromatic rings. The lowest BCUT2D eigenvalue weighted by molar-refractivity contribution is 0.0124. The zero-order chi connectivity index (χ0) is 12.5. The largest absolute Gasteiger partial charge is 0.491 e. The first-order valence-electron chi connectivity index (χ1n) is 5.76. The molecule has 0 amide bonds. The molecular weight excluding hydrogens is 284 g/mol. The van der Waals surface area contributed by atoms with E-state index < -0.39 is 0 Å². The summed E-state index contributed by atoms with van der Waals surface area (Å²) in [5.74, 6) is 0.857. The van der Waals surface area contributed by atoms with Crippen molar-refractivity contribution < 1.29 is 14.2 Å². The Balaban J connectivity index is 1.99. The van der Waals surface area contributed by atoms with Crippen molar-refractivity contribution in [3.63, 3.8) is 0 Å². The molecular formula is C13H19BrO3. The van der Waals surface area contributed by atoms with E-state index in [0.717, 1.165) is 10.2 Å². The quantitative estimate of drug-likeness (QED) is 0.690. The van der Waals surface area contributed by atoms with E-state index >= 15 is 0 Å². The highest BCUT2D eigenvalue weighted by molar-refractivity contribution is 9.10. The van der Waals surface area contributed by atoms with Gasteiger partial charge in [-0.15, -0.1) is 0 Å². The smallest absolute Gasteiger partial charge is 0.119 e. The SMILES string of the molecule is CC(C)OCCOCCOc1ccc(Br)cc1. The van der Waals surface area contributed by atoms with Gasteiger partial charge in [0.1, 0.15) is 12.4 Å². The van der Waals surface area contributed by atoms with Crippen LogP contribution in [0.5, 0.6) is 5.75 Å². The Bertz CT molecular complexity index is 298. The molecule has 0 aliphatic rings. The van der Waals surface area contributed by atoms with Crippen molar-refractivity contribution in [2.45, 2.75) is 20.0 Å². The summed E-state index contributed by atoms with van der Waals surface area (Å²) < 4.78 is 17.3. The van der Waals surface area contributed by atoms with E-state index in [2.05, 4.69) is 15.9 Å². The number of rotatable bonds is 8. The summed E-state index contributed by atoms with van der Waals surface area (Å²) in [7, 11) is 0. The maximum Gasteiger partial charge on any atom is 0.119 e. The highest BCUT2D eigenvalue weighted by Crippen LogP contribution is 2.15. The topological polar surface area (TPSA) is 27.7 Å². The van der Waals surface area contributed by atoms with Crippen LogP contribution in [0.2, 0.25) is 0 Å². The van der Waals surface area contributed by atoms with Crippen LogP contribution in [-0.4, -0.2) is 32.5 Å². The molecule has 1 rings (SSSR count). The summed E-state index contributed by atoms with van der Waals surface area (Å²) in [6.07, 6.45) is 0.262. The van der Waals surface area contributed by atoms with Crippen molar-refractivity contribution in [3.8, 4) is 5.75 Å². The zero-order valence-electron chi connectivity index (χ0n) is 10.3. The van der Waals surface area contributed by atoms with E-state index in [9.17, 15) is 0 Å². The fourth-order valence-electron chi connectivity index (χ4n) is 1.19. The van der Waals surface area contributed by atoms with Crippen LogP contribution in [0.25, 0.3) is 0 Å². The predicted molar refractivity (Wildman–Crippen MR) is 71.5 cm³/mol. The van der Waals surface area contributed by atoms with Gasteiger partial charge in [-0.05, 0) is 38.1 Å². The molecule has 0 unspecified atom stereocenters. The van der Waals surface area contributed by atoms with Crippen molar-refractivity contribution in [1.29, 1.82) is 0 Å². The minimum absolute atomic E-state index is 0.262. The third-order valence-electron chi connectivity index (χ3n) is 1.99. The van der Waals surface area contributed by atoms with Gasteiger partial charge in [0.25, 0.3) is 0 Å². The highest BCUT2D eigenvalue weighted by Gasteiger charge is 1.95. The summed E-state index contributed by atoms with van der Waals surface area (Å²) in [6.45, 7) is 6.41. The Kier molecular flexibility index (Phi) is 7.24. The molecule has 0 atom stereocenters. The van der Waals surface area contributed by atoms with Crippen LogP contribution in [0.3, 0.4) is 0 Å². The Morgan fingerprint density at radius 2 is 1.65 bits per heavy atom. The Labute approximate surface area is 111 Å². The molecule has 1 aromatic carbocycles. The van der Waals surface area contributed by atoms with Gasteiger partial charge in [-0.2, -0.15) is 0 Å². The highest BCUT2D eigenvalue weighted by atomic mass is 79.9. The lowest BCUT2D eigenvalue weighted by atomic mass is 10.3. The molecule has 0 spiro atoms. The van der Waals surface area contributed by atoms with E-state index in [1.807, 2.05) is 38.1 Å². The number of ether oxygens (including phenoxy) is 3. The normalized spacial score (nSPS) is 10.8.